The minimum atomic E-state index is -0.855. The monoisotopic (exact) mass is 897 g/mol. The van der Waals surface area contributed by atoms with E-state index in [1.807, 2.05) is 45.0 Å². The molecule has 6 rings (SSSR count). The normalized spacial score (nSPS) is 23.1. The number of hydrogen-bond donors (Lipinski definition) is 4. The van der Waals surface area contributed by atoms with Crippen LogP contribution in [0, 0.1) is 35.0 Å². The first-order chi connectivity index (χ1) is 30.9. The number of carbonyl (C=O) groups excluding carboxylic acids is 5. The van der Waals surface area contributed by atoms with Crippen molar-refractivity contribution >= 4 is 36.3 Å². The second-order valence-corrected chi connectivity index (χ2v) is 21.1. The molecular weight excluding hydrogens is 815 g/mol. The van der Waals surface area contributed by atoms with Gasteiger partial charge < -0.3 is 31.4 Å². The van der Waals surface area contributed by atoms with Crippen molar-refractivity contribution in [3.8, 4) is 11.1 Å². The van der Waals surface area contributed by atoms with Crippen LogP contribution in [0.4, 0.5) is 0 Å². The Labute approximate surface area is 390 Å². The third-order valence-corrected chi connectivity index (χ3v) is 15.1. The molecule has 2 aromatic rings. The van der Waals surface area contributed by atoms with Gasteiger partial charge >= 0.3 is 7.12 Å². The molecule has 1 heterocycles. The molecule has 3 aliphatic carbocycles. The summed E-state index contributed by atoms with van der Waals surface area (Å²) in [6.45, 7) is 17.6. The number of unbranched alkanes of at least 4 members (excludes halogenated alkanes) is 3. The number of aryl methyl sites for hydroxylation is 1. The first-order valence-electron chi connectivity index (χ1n) is 25.0. The largest absolute Gasteiger partial charge is 0.461 e. The molecule has 1 aliphatic heterocycles. The molecule has 1 unspecified atom stereocenters. The summed E-state index contributed by atoms with van der Waals surface area (Å²) >= 11 is 0. The topological polar surface area (TPSA) is 180 Å². The molecule has 2 aromatic carbocycles. The number of hydrogen-bond acceptors (Lipinski definition) is 9. The van der Waals surface area contributed by atoms with Crippen molar-refractivity contribution in [2.24, 2.45) is 46.5 Å². The van der Waals surface area contributed by atoms with E-state index in [1.54, 1.807) is 6.92 Å². The van der Waals surface area contributed by atoms with Crippen molar-refractivity contribution in [2.75, 3.05) is 13.1 Å². The van der Waals surface area contributed by atoms with Gasteiger partial charge in [-0.25, -0.2) is 0 Å². The standard InChI is InChI=1S/C53H81BN4O7/c1-9-10-15-37-18-20-38(21-19-37)39-22-24-40(25-23-39)45(59)31-41(16-11-13-26-55)51(63)57-43(17-12-14-27-56)46(60)29-35(4)50(62)58-44(28-34(2)3)47(61)30-36(5)54-64-49-33-42-32-48(52(42,6)7)53(49,8)65-54/h18-25,34-36,41-44,48-49H,9-17,26-33,55-56H2,1-8H3,(H,57,63)(H,58,62)/t35-,36-,41-,42+,43+,44+,48+,49?,53+/m1/s1. The number of amides is 2. The van der Waals surface area contributed by atoms with E-state index in [0.717, 1.165) is 43.2 Å². The number of ketones is 3. The number of Topliss-reactive ketones (excluding diaryl/α,β-unsaturated/α-hetero) is 3. The quantitative estimate of drug-likeness (QED) is 0.0369. The third kappa shape index (κ3) is 13.5. The van der Waals surface area contributed by atoms with Gasteiger partial charge in [0.25, 0.3) is 0 Å². The lowest BCUT2D eigenvalue weighted by atomic mass is 9.43. The van der Waals surface area contributed by atoms with Crippen molar-refractivity contribution in [3.63, 3.8) is 0 Å². The average Bonchev–Trinajstić information content (AvgIpc) is 3.65. The first-order valence-corrected chi connectivity index (χ1v) is 25.0. The summed E-state index contributed by atoms with van der Waals surface area (Å²) < 4.78 is 13.1. The molecule has 0 aromatic heterocycles. The molecule has 11 nitrogen and oxygen atoms in total. The van der Waals surface area contributed by atoms with E-state index >= 15 is 0 Å². The van der Waals surface area contributed by atoms with Crippen LogP contribution < -0.4 is 22.1 Å². The lowest BCUT2D eigenvalue weighted by Gasteiger charge is -2.64. The van der Waals surface area contributed by atoms with Crippen LogP contribution in [-0.2, 0) is 34.9 Å². The minimum Gasteiger partial charge on any atom is -0.405 e. The van der Waals surface area contributed by atoms with Crippen LogP contribution in [0.15, 0.2) is 48.5 Å². The van der Waals surface area contributed by atoms with Crippen molar-refractivity contribution in [1.29, 1.82) is 0 Å². The van der Waals surface area contributed by atoms with E-state index in [0.29, 0.717) is 75.4 Å². The SMILES string of the molecule is CCCCc1ccc(-c2ccc(C(=O)C[C@@H](CCCCN)C(=O)N[C@@H](CCCCN)C(=O)C[C@@H](C)C(=O)N[C@@H](CC(C)C)C(=O)C[C@@H](C)B3OC4C[C@@H]5C[C@@H](C5(C)C)[C@]4(C)O3)cc2)cc1. The van der Waals surface area contributed by atoms with Crippen LogP contribution in [0.2, 0.25) is 5.82 Å². The summed E-state index contributed by atoms with van der Waals surface area (Å²) in [7, 11) is -0.490. The lowest BCUT2D eigenvalue weighted by Crippen LogP contribution is -2.65. The smallest absolute Gasteiger partial charge is 0.405 e. The number of nitrogens with two attached hydrogens (primary N) is 2. The molecule has 0 radical (unpaired) electrons. The van der Waals surface area contributed by atoms with Crippen molar-refractivity contribution in [1.82, 2.24) is 10.6 Å². The zero-order chi connectivity index (χ0) is 47.5. The van der Waals surface area contributed by atoms with E-state index in [2.05, 4.69) is 62.6 Å². The molecule has 9 atom stereocenters. The van der Waals surface area contributed by atoms with Crippen LogP contribution in [0.3, 0.4) is 0 Å². The van der Waals surface area contributed by atoms with Gasteiger partial charge in [-0.05, 0) is 130 Å². The summed E-state index contributed by atoms with van der Waals surface area (Å²) in [6.07, 6.45) is 9.47. The predicted molar refractivity (Wildman–Crippen MR) is 260 cm³/mol. The summed E-state index contributed by atoms with van der Waals surface area (Å²) in [5, 5.41) is 5.99. The first kappa shape index (κ1) is 52.3. The fourth-order valence-electron chi connectivity index (χ4n) is 10.7. The number of rotatable bonds is 28. The Balaban J connectivity index is 1.19. The van der Waals surface area contributed by atoms with Crippen LogP contribution in [0.25, 0.3) is 11.1 Å². The van der Waals surface area contributed by atoms with E-state index in [4.69, 9.17) is 20.8 Å². The molecule has 4 aliphatic rings. The minimum absolute atomic E-state index is 0.00760. The highest BCUT2D eigenvalue weighted by Gasteiger charge is 2.68. The number of benzene rings is 2. The molecule has 3 saturated carbocycles. The Bertz CT molecular complexity index is 1900. The molecule has 65 heavy (non-hydrogen) atoms. The Morgan fingerprint density at radius 1 is 0.738 bits per heavy atom. The summed E-state index contributed by atoms with van der Waals surface area (Å²) in [5.41, 5.74) is 15.4. The van der Waals surface area contributed by atoms with E-state index in [1.165, 1.54) is 5.56 Å². The fourth-order valence-corrected chi connectivity index (χ4v) is 10.7. The zero-order valence-electron chi connectivity index (χ0n) is 40.9. The van der Waals surface area contributed by atoms with Gasteiger partial charge in [0, 0.05) is 36.7 Å². The molecule has 1 saturated heterocycles. The maximum Gasteiger partial charge on any atom is 0.461 e. The van der Waals surface area contributed by atoms with Gasteiger partial charge in [-0.1, -0.05) is 110 Å². The zero-order valence-corrected chi connectivity index (χ0v) is 40.9. The van der Waals surface area contributed by atoms with E-state index < -0.39 is 31.0 Å². The molecule has 0 spiro atoms. The molecule has 2 bridgehead atoms. The van der Waals surface area contributed by atoms with Gasteiger partial charge in [-0.2, -0.15) is 0 Å². The predicted octanol–water partition coefficient (Wildman–Crippen LogP) is 8.83. The molecule has 6 N–H and O–H groups in total. The Hall–Kier alpha value is -3.71. The number of nitrogens with one attached hydrogen (secondary N) is 2. The van der Waals surface area contributed by atoms with Crippen molar-refractivity contribution < 1.29 is 33.3 Å². The number of carbonyl (C=O) groups is 5. The Morgan fingerprint density at radius 3 is 1.94 bits per heavy atom. The maximum absolute atomic E-state index is 14.0. The Kier molecular flexibility index (Phi) is 19.2. The molecule has 358 valence electrons. The molecule has 2 amide bonds. The van der Waals surface area contributed by atoms with Gasteiger partial charge in [0.05, 0.1) is 23.8 Å². The third-order valence-electron chi connectivity index (χ3n) is 15.1. The summed E-state index contributed by atoms with van der Waals surface area (Å²) in [4.78, 5) is 69.5. The molecule has 12 heteroatoms. The maximum atomic E-state index is 14.0. The van der Waals surface area contributed by atoms with Crippen LogP contribution in [0.5, 0.6) is 0 Å². The van der Waals surface area contributed by atoms with Crippen LogP contribution in [0.1, 0.15) is 161 Å². The Morgan fingerprint density at radius 2 is 1.34 bits per heavy atom. The second kappa shape index (κ2) is 23.8. The van der Waals surface area contributed by atoms with Crippen LogP contribution >= 0.6 is 0 Å². The van der Waals surface area contributed by atoms with Crippen molar-refractivity contribution in [2.45, 2.75) is 181 Å². The van der Waals surface area contributed by atoms with E-state index in [-0.39, 0.29) is 77.3 Å². The van der Waals surface area contributed by atoms with Gasteiger partial charge in [0.15, 0.2) is 17.3 Å². The van der Waals surface area contributed by atoms with Crippen molar-refractivity contribution in [3.05, 3.63) is 59.7 Å². The lowest BCUT2D eigenvalue weighted by molar-refractivity contribution is -0.199. The fraction of sp³-hybridized carbons (Fsp3) is 0.679. The summed E-state index contributed by atoms with van der Waals surface area (Å²) in [6, 6.07) is 14.5. The molecule has 4 fully saturated rings. The van der Waals surface area contributed by atoms with Gasteiger partial charge in [-0.15, -0.1) is 0 Å². The average molecular weight is 897 g/mol. The van der Waals surface area contributed by atoms with Crippen LogP contribution in [-0.4, -0.2) is 73.2 Å². The summed E-state index contributed by atoms with van der Waals surface area (Å²) in [5.74, 6) is -1.68. The highest BCUT2D eigenvalue weighted by atomic mass is 16.7. The highest BCUT2D eigenvalue weighted by molar-refractivity contribution is 6.47. The van der Waals surface area contributed by atoms with Gasteiger partial charge in [0.2, 0.25) is 11.8 Å². The van der Waals surface area contributed by atoms with Gasteiger partial charge in [0.1, 0.15) is 0 Å². The van der Waals surface area contributed by atoms with E-state index in [9.17, 15) is 24.0 Å². The second-order valence-electron chi connectivity index (χ2n) is 21.1. The van der Waals surface area contributed by atoms with Gasteiger partial charge in [-0.3, -0.25) is 24.0 Å². The molecular formula is C53H81BN4O7. The highest BCUT2D eigenvalue weighted by Crippen LogP contribution is 2.66.